The van der Waals surface area contributed by atoms with Crippen molar-refractivity contribution in [1.82, 2.24) is 0 Å². The molecule has 0 amide bonds. The Morgan fingerprint density at radius 1 is 1.13 bits per heavy atom. The standard InChI is InChI=1S/C8H7BCl2F3O/c10-7-2-1-3-8(11)6(7)4-15-5-9(12,13)14/h1-3H,4-5H2/q-1. The van der Waals surface area contributed by atoms with Gasteiger partial charge in [-0.05, 0) is 12.1 Å². The van der Waals surface area contributed by atoms with Crippen molar-refractivity contribution < 1.29 is 17.7 Å². The highest BCUT2D eigenvalue weighted by Gasteiger charge is 2.23. The van der Waals surface area contributed by atoms with Crippen molar-refractivity contribution in [2.45, 2.75) is 6.61 Å². The lowest BCUT2D eigenvalue weighted by Gasteiger charge is -2.14. The van der Waals surface area contributed by atoms with Crippen molar-refractivity contribution in [2.24, 2.45) is 0 Å². The van der Waals surface area contributed by atoms with E-state index in [1.54, 1.807) is 18.2 Å². The molecule has 0 saturated carbocycles. The predicted octanol–water partition coefficient (Wildman–Crippen LogP) is 3.90. The lowest BCUT2D eigenvalue weighted by Crippen LogP contribution is -2.23. The molecule has 1 nitrogen and oxygen atoms in total. The first-order valence-corrected chi connectivity index (χ1v) is 4.87. The van der Waals surface area contributed by atoms with Gasteiger partial charge in [-0.2, -0.15) is 0 Å². The first-order chi connectivity index (χ1) is 6.90. The quantitative estimate of drug-likeness (QED) is 0.744. The molecule has 0 fully saturated rings. The van der Waals surface area contributed by atoms with Crippen molar-refractivity contribution >= 4 is 30.2 Å². The molecule has 0 aliphatic carbocycles. The topological polar surface area (TPSA) is 9.23 Å². The summed E-state index contributed by atoms with van der Waals surface area (Å²) in [6.07, 6.45) is 0. The number of halogens is 5. The fraction of sp³-hybridized carbons (Fsp3) is 0.250. The monoisotopic (exact) mass is 257 g/mol. The first-order valence-electron chi connectivity index (χ1n) is 4.12. The molecule has 1 rings (SSSR count). The Hall–Kier alpha value is -0.385. The van der Waals surface area contributed by atoms with Gasteiger partial charge in [-0.25, -0.2) is 0 Å². The molecule has 0 unspecified atom stereocenters. The largest absolute Gasteiger partial charge is 0.503 e. The fourth-order valence-electron chi connectivity index (χ4n) is 0.965. The Morgan fingerprint density at radius 2 is 1.67 bits per heavy atom. The molecule has 0 saturated heterocycles. The van der Waals surface area contributed by atoms with Crippen molar-refractivity contribution in [2.75, 3.05) is 6.51 Å². The van der Waals surface area contributed by atoms with Gasteiger partial charge in [0, 0.05) is 22.1 Å². The maximum Gasteiger partial charge on any atom is 0.503 e. The molecule has 0 radical (unpaired) electrons. The van der Waals surface area contributed by atoms with Crippen molar-refractivity contribution in [3.05, 3.63) is 33.8 Å². The molecule has 0 aromatic heterocycles. The molecule has 0 spiro atoms. The van der Waals surface area contributed by atoms with Gasteiger partial charge in [0.25, 0.3) is 0 Å². The second-order valence-corrected chi connectivity index (χ2v) is 3.74. The van der Waals surface area contributed by atoms with Gasteiger partial charge in [0.1, 0.15) is 0 Å². The predicted molar refractivity (Wildman–Crippen MR) is 55.2 cm³/mol. The van der Waals surface area contributed by atoms with Crippen LogP contribution >= 0.6 is 23.2 Å². The smallest absolute Gasteiger partial charge is 0.447 e. The number of hydrogen-bond acceptors (Lipinski definition) is 1. The van der Waals surface area contributed by atoms with Gasteiger partial charge in [0.2, 0.25) is 0 Å². The normalized spacial score (nSPS) is 11.8. The van der Waals surface area contributed by atoms with Gasteiger partial charge in [-0.3, -0.25) is 0 Å². The molecule has 15 heavy (non-hydrogen) atoms. The molecule has 0 bridgehead atoms. The summed E-state index contributed by atoms with van der Waals surface area (Å²) in [7, 11) is 0. The van der Waals surface area contributed by atoms with E-state index in [4.69, 9.17) is 23.2 Å². The van der Waals surface area contributed by atoms with E-state index in [1.807, 2.05) is 0 Å². The van der Waals surface area contributed by atoms with Crippen LogP contribution in [0.4, 0.5) is 12.9 Å². The molecule has 84 valence electrons. The van der Waals surface area contributed by atoms with Crippen molar-refractivity contribution in [3.63, 3.8) is 0 Å². The zero-order valence-electron chi connectivity index (χ0n) is 7.52. The van der Waals surface area contributed by atoms with E-state index in [-0.39, 0.29) is 6.61 Å². The summed E-state index contributed by atoms with van der Waals surface area (Å²) in [5.41, 5.74) is 0.376. The highest BCUT2D eigenvalue weighted by atomic mass is 35.5. The third-order valence-electron chi connectivity index (χ3n) is 1.61. The molecule has 0 N–H and O–H groups in total. The minimum absolute atomic E-state index is 0.236. The van der Waals surface area contributed by atoms with Crippen LogP contribution in [0.5, 0.6) is 0 Å². The summed E-state index contributed by atoms with van der Waals surface area (Å²) in [5.74, 6) is 0. The number of rotatable bonds is 4. The van der Waals surface area contributed by atoms with Crippen LogP contribution in [-0.2, 0) is 11.3 Å². The molecule has 0 aliphatic heterocycles. The lowest BCUT2D eigenvalue weighted by atomic mass is 9.95. The maximum absolute atomic E-state index is 11.8. The summed E-state index contributed by atoms with van der Waals surface area (Å²) >= 11 is 11.5. The number of hydrogen-bond donors (Lipinski definition) is 0. The molecule has 7 heteroatoms. The number of benzene rings is 1. The molecular weight excluding hydrogens is 251 g/mol. The molecular formula is C8H7BCl2F3O-. The van der Waals surface area contributed by atoms with E-state index in [1.165, 1.54) is 0 Å². The molecule has 1 aromatic carbocycles. The van der Waals surface area contributed by atoms with Gasteiger partial charge < -0.3 is 17.7 Å². The van der Waals surface area contributed by atoms with E-state index in [2.05, 4.69) is 4.74 Å². The van der Waals surface area contributed by atoms with Gasteiger partial charge >= 0.3 is 6.98 Å². The highest BCUT2D eigenvalue weighted by molar-refractivity contribution is 6.58. The zero-order chi connectivity index (χ0) is 11.5. The van der Waals surface area contributed by atoms with Gasteiger partial charge in [0.15, 0.2) is 0 Å². The zero-order valence-corrected chi connectivity index (χ0v) is 9.03. The third kappa shape index (κ3) is 4.32. The highest BCUT2D eigenvalue weighted by Crippen LogP contribution is 2.25. The van der Waals surface area contributed by atoms with Gasteiger partial charge in [0.05, 0.1) is 6.61 Å². The van der Waals surface area contributed by atoms with E-state index < -0.39 is 13.5 Å². The van der Waals surface area contributed by atoms with Crippen LogP contribution in [0.15, 0.2) is 18.2 Å². The van der Waals surface area contributed by atoms with Crippen LogP contribution in [0.2, 0.25) is 10.0 Å². The lowest BCUT2D eigenvalue weighted by molar-refractivity contribution is 0.138. The first kappa shape index (κ1) is 12.7. The van der Waals surface area contributed by atoms with E-state index in [0.717, 1.165) is 0 Å². The van der Waals surface area contributed by atoms with Crippen LogP contribution < -0.4 is 0 Å². The Labute approximate surface area is 95.2 Å². The maximum atomic E-state index is 11.8. The Balaban J connectivity index is 2.58. The Bertz CT molecular complexity index is 323. The van der Waals surface area contributed by atoms with Crippen LogP contribution in [0.25, 0.3) is 0 Å². The molecule has 1 aromatic rings. The summed E-state index contributed by atoms with van der Waals surface area (Å²) < 4.78 is 40.0. The van der Waals surface area contributed by atoms with E-state index >= 15 is 0 Å². The van der Waals surface area contributed by atoms with Gasteiger partial charge in [-0.1, -0.05) is 29.3 Å². The second kappa shape index (κ2) is 5.10. The summed E-state index contributed by atoms with van der Waals surface area (Å²) in [6, 6.07) is 4.71. The molecule has 0 heterocycles. The Morgan fingerprint density at radius 3 is 2.13 bits per heavy atom. The minimum atomic E-state index is -4.93. The fourth-order valence-corrected chi connectivity index (χ4v) is 1.47. The van der Waals surface area contributed by atoms with Crippen LogP contribution in [0.1, 0.15) is 5.56 Å². The SMILES string of the molecule is F[B-](F)(F)COCc1c(Cl)cccc1Cl. The van der Waals surface area contributed by atoms with Crippen LogP contribution in [-0.4, -0.2) is 13.5 Å². The van der Waals surface area contributed by atoms with E-state index in [9.17, 15) is 12.9 Å². The summed E-state index contributed by atoms with van der Waals surface area (Å²) in [5, 5.41) is 0.606. The number of ether oxygens (including phenoxy) is 1. The second-order valence-electron chi connectivity index (χ2n) is 2.93. The van der Waals surface area contributed by atoms with E-state index in [0.29, 0.717) is 15.6 Å². The average molecular weight is 258 g/mol. The van der Waals surface area contributed by atoms with Gasteiger partial charge in [-0.15, -0.1) is 0 Å². The van der Waals surface area contributed by atoms with Crippen LogP contribution in [0.3, 0.4) is 0 Å². The molecule has 0 atom stereocenters. The van der Waals surface area contributed by atoms with Crippen molar-refractivity contribution in [3.8, 4) is 0 Å². The third-order valence-corrected chi connectivity index (χ3v) is 2.32. The van der Waals surface area contributed by atoms with Crippen LogP contribution in [0, 0.1) is 0 Å². The van der Waals surface area contributed by atoms with Crippen molar-refractivity contribution in [1.29, 1.82) is 0 Å². The average Bonchev–Trinajstić information content (AvgIpc) is 2.08. The summed E-state index contributed by atoms with van der Waals surface area (Å²) in [6.45, 7) is -6.42. The molecule has 0 aliphatic rings. The summed E-state index contributed by atoms with van der Waals surface area (Å²) in [4.78, 5) is 0. The Kier molecular flexibility index (Phi) is 4.31. The minimum Gasteiger partial charge on any atom is -0.447 e.